The summed E-state index contributed by atoms with van der Waals surface area (Å²) >= 11 is 0. The molecule has 0 aromatic heterocycles. The molecule has 1 unspecified atom stereocenters. The van der Waals surface area contributed by atoms with E-state index in [1.807, 2.05) is 38.1 Å². The Bertz CT molecular complexity index is 751. The molecule has 0 fully saturated rings. The molecule has 0 aliphatic heterocycles. The van der Waals surface area contributed by atoms with Crippen LogP contribution in [0.5, 0.6) is 5.75 Å². The van der Waals surface area contributed by atoms with E-state index in [-0.39, 0.29) is 5.91 Å². The van der Waals surface area contributed by atoms with E-state index in [4.69, 9.17) is 4.74 Å². The molecule has 24 heavy (non-hydrogen) atoms. The van der Waals surface area contributed by atoms with Gasteiger partial charge in [0.1, 0.15) is 5.75 Å². The van der Waals surface area contributed by atoms with Crippen LogP contribution >= 0.6 is 0 Å². The van der Waals surface area contributed by atoms with Gasteiger partial charge in [-0.25, -0.2) is 0 Å². The number of ether oxygens (including phenoxy) is 1. The smallest absolute Gasteiger partial charge is 0.265 e. The van der Waals surface area contributed by atoms with E-state index in [2.05, 4.69) is 17.4 Å². The van der Waals surface area contributed by atoms with Gasteiger partial charge < -0.3 is 10.1 Å². The monoisotopic (exact) mass is 323 g/mol. The third-order valence-electron chi connectivity index (χ3n) is 4.86. The minimum Gasteiger partial charge on any atom is -0.481 e. The van der Waals surface area contributed by atoms with Crippen LogP contribution in [0.25, 0.3) is 0 Å². The summed E-state index contributed by atoms with van der Waals surface area (Å²) in [5.74, 6) is 0.653. The second-order valence-corrected chi connectivity index (χ2v) is 6.63. The maximum absolute atomic E-state index is 12.4. The van der Waals surface area contributed by atoms with Crippen LogP contribution in [-0.4, -0.2) is 12.0 Å². The number of anilines is 1. The minimum absolute atomic E-state index is 0.124. The van der Waals surface area contributed by atoms with Crippen LogP contribution in [-0.2, 0) is 17.6 Å². The van der Waals surface area contributed by atoms with Crippen molar-refractivity contribution in [1.82, 2.24) is 0 Å². The Balaban J connectivity index is 1.67. The van der Waals surface area contributed by atoms with Gasteiger partial charge in [0.15, 0.2) is 6.10 Å². The van der Waals surface area contributed by atoms with Crippen molar-refractivity contribution in [2.24, 2.45) is 0 Å². The highest BCUT2D eigenvalue weighted by Crippen LogP contribution is 2.26. The molecule has 0 radical (unpaired) electrons. The molecule has 0 saturated carbocycles. The maximum atomic E-state index is 12.4. The first-order valence-electron chi connectivity index (χ1n) is 8.70. The quantitative estimate of drug-likeness (QED) is 0.894. The molecule has 0 heterocycles. The molecule has 1 atom stereocenters. The van der Waals surface area contributed by atoms with Gasteiger partial charge in [0.2, 0.25) is 0 Å². The SMILES string of the molecule is Cc1cccc(NC(=O)C(C)Oc2ccc3c(c2)CCCC3)c1C. The Labute approximate surface area is 144 Å². The van der Waals surface area contributed by atoms with Crippen molar-refractivity contribution in [3.05, 3.63) is 58.7 Å². The minimum atomic E-state index is -0.536. The fourth-order valence-corrected chi connectivity index (χ4v) is 3.16. The molecule has 3 rings (SSSR count). The lowest BCUT2D eigenvalue weighted by Gasteiger charge is -2.19. The number of carbonyl (C=O) groups is 1. The zero-order chi connectivity index (χ0) is 17.1. The van der Waals surface area contributed by atoms with Crippen molar-refractivity contribution in [2.45, 2.75) is 52.6 Å². The van der Waals surface area contributed by atoms with E-state index < -0.39 is 6.10 Å². The van der Waals surface area contributed by atoms with Crippen LogP contribution in [0.3, 0.4) is 0 Å². The second kappa shape index (κ2) is 7.08. The fraction of sp³-hybridized carbons (Fsp3) is 0.381. The fourth-order valence-electron chi connectivity index (χ4n) is 3.16. The highest BCUT2D eigenvalue weighted by molar-refractivity contribution is 5.94. The maximum Gasteiger partial charge on any atom is 0.265 e. The van der Waals surface area contributed by atoms with Gasteiger partial charge in [-0.05, 0) is 86.9 Å². The molecular formula is C21H25NO2. The number of aryl methyl sites for hydroxylation is 3. The number of nitrogens with one attached hydrogen (secondary N) is 1. The van der Waals surface area contributed by atoms with Crippen molar-refractivity contribution in [2.75, 3.05) is 5.32 Å². The van der Waals surface area contributed by atoms with Crippen LogP contribution in [0.1, 0.15) is 42.0 Å². The number of hydrogen-bond acceptors (Lipinski definition) is 2. The largest absolute Gasteiger partial charge is 0.481 e. The van der Waals surface area contributed by atoms with Crippen molar-refractivity contribution in [1.29, 1.82) is 0 Å². The van der Waals surface area contributed by atoms with Gasteiger partial charge in [-0.3, -0.25) is 4.79 Å². The topological polar surface area (TPSA) is 38.3 Å². The van der Waals surface area contributed by atoms with Crippen molar-refractivity contribution in [3.8, 4) is 5.75 Å². The summed E-state index contributed by atoms with van der Waals surface area (Å²) in [6.07, 6.45) is 4.22. The molecule has 3 heteroatoms. The van der Waals surface area contributed by atoms with Gasteiger partial charge in [-0.15, -0.1) is 0 Å². The number of carbonyl (C=O) groups excluding carboxylic acids is 1. The number of rotatable bonds is 4. The molecule has 2 aromatic carbocycles. The molecule has 3 nitrogen and oxygen atoms in total. The molecule has 0 bridgehead atoms. The lowest BCUT2D eigenvalue weighted by molar-refractivity contribution is -0.122. The Morgan fingerprint density at radius 3 is 2.62 bits per heavy atom. The van der Waals surface area contributed by atoms with E-state index >= 15 is 0 Å². The average molecular weight is 323 g/mol. The zero-order valence-electron chi connectivity index (χ0n) is 14.7. The summed E-state index contributed by atoms with van der Waals surface area (Å²) in [5, 5.41) is 2.97. The molecular weight excluding hydrogens is 298 g/mol. The zero-order valence-corrected chi connectivity index (χ0v) is 14.7. The first-order chi connectivity index (χ1) is 11.5. The third-order valence-corrected chi connectivity index (χ3v) is 4.86. The number of benzene rings is 2. The van der Waals surface area contributed by atoms with E-state index in [9.17, 15) is 4.79 Å². The summed E-state index contributed by atoms with van der Waals surface area (Å²) < 4.78 is 5.87. The molecule has 1 amide bonds. The predicted octanol–water partition coefficient (Wildman–Crippen LogP) is 4.59. The molecule has 0 spiro atoms. The summed E-state index contributed by atoms with van der Waals surface area (Å²) in [7, 11) is 0. The van der Waals surface area contributed by atoms with E-state index in [0.29, 0.717) is 0 Å². The van der Waals surface area contributed by atoms with Gasteiger partial charge >= 0.3 is 0 Å². The van der Waals surface area contributed by atoms with Gasteiger partial charge in [-0.2, -0.15) is 0 Å². The van der Waals surface area contributed by atoms with Crippen molar-refractivity contribution in [3.63, 3.8) is 0 Å². The Morgan fingerprint density at radius 2 is 1.83 bits per heavy atom. The molecule has 2 aromatic rings. The highest BCUT2D eigenvalue weighted by Gasteiger charge is 2.17. The average Bonchev–Trinajstić information content (AvgIpc) is 2.58. The number of amides is 1. The standard InChI is InChI=1S/C21H25NO2/c1-14-7-6-10-20(15(14)2)22-21(23)16(3)24-19-12-11-17-8-4-5-9-18(17)13-19/h6-7,10-13,16H,4-5,8-9H2,1-3H3,(H,22,23). The van der Waals surface area contributed by atoms with Crippen LogP contribution < -0.4 is 10.1 Å². The Hall–Kier alpha value is -2.29. The number of hydrogen-bond donors (Lipinski definition) is 1. The lowest BCUT2D eigenvalue weighted by atomic mass is 9.92. The van der Waals surface area contributed by atoms with Crippen LogP contribution in [0.4, 0.5) is 5.69 Å². The summed E-state index contributed by atoms with van der Waals surface area (Å²) in [6, 6.07) is 12.1. The van der Waals surface area contributed by atoms with Crippen molar-refractivity contribution >= 4 is 11.6 Å². The summed E-state index contributed by atoms with van der Waals surface area (Å²) in [4.78, 5) is 12.4. The highest BCUT2D eigenvalue weighted by atomic mass is 16.5. The summed E-state index contributed by atoms with van der Waals surface area (Å²) in [5.41, 5.74) is 5.88. The van der Waals surface area contributed by atoms with Crippen molar-refractivity contribution < 1.29 is 9.53 Å². The molecule has 1 aliphatic rings. The number of fused-ring (bicyclic) bond motifs is 1. The second-order valence-electron chi connectivity index (χ2n) is 6.63. The first kappa shape index (κ1) is 16.6. The third kappa shape index (κ3) is 3.61. The predicted molar refractivity (Wildman–Crippen MR) is 97.7 cm³/mol. The van der Waals surface area contributed by atoms with Crippen LogP contribution in [0.15, 0.2) is 36.4 Å². The van der Waals surface area contributed by atoms with Gasteiger partial charge in [-0.1, -0.05) is 18.2 Å². The lowest BCUT2D eigenvalue weighted by Crippen LogP contribution is -2.30. The molecule has 126 valence electrons. The van der Waals surface area contributed by atoms with E-state index in [1.165, 1.54) is 24.0 Å². The molecule has 1 N–H and O–H groups in total. The molecule has 0 saturated heterocycles. The van der Waals surface area contributed by atoms with Crippen LogP contribution in [0, 0.1) is 13.8 Å². The van der Waals surface area contributed by atoms with E-state index in [1.54, 1.807) is 6.92 Å². The summed E-state index contributed by atoms with van der Waals surface area (Å²) in [6.45, 7) is 5.85. The normalized spacial score (nSPS) is 14.6. The van der Waals surface area contributed by atoms with Gasteiger partial charge in [0.25, 0.3) is 5.91 Å². The van der Waals surface area contributed by atoms with E-state index in [0.717, 1.165) is 35.4 Å². The Morgan fingerprint density at radius 1 is 1.08 bits per heavy atom. The van der Waals surface area contributed by atoms with Gasteiger partial charge in [0.05, 0.1) is 0 Å². The first-order valence-corrected chi connectivity index (χ1v) is 8.70. The Kier molecular flexibility index (Phi) is 4.89. The molecule has 1 aliphatic carbocycles. The van der Waals surface area contributed by atoms with Crippen LogP contribution in [0.2, 0.25) is 0 Å². The van der Waals surface area contributed by atoms with Gasteiger partial charge in [0, 0.05) is 5.69 Å².